The maximum absolute atomic E-state index is 12.5. The van der Waals surface area contributed by atoms with E-state index >= 15 is 0 Å². The van der Waals surface area contributed by atoms with Gasteiger partial charge in [0.1, 0.15) is 17.5 Å². The van der Waals surface area contributed by atoms with Gasteiger partial charge in [-0.15, -0.1) is 11.3 Å². The number of nitrogens with zero attached hydrogens (tertiary/aromatic N) is 2. The summed E-state index contributed by atoms with van der Waals surface area (Å²) in [4.78, 5) is 31.4. The molecule has 0 spiro atoms. The molecular formula is C15H23N3O3S. The number of nitrogens with one attached hydrogen (secondary N) is 1. The number of aryl methyl sites for hydroxylation is 1. The number of ether oxygens (including phenoxy) is 1. The van der Waals surface area contributed by atoms with E-state index in [9.17, 15) is 9.59 Å². The molecule has 1 saturated heterocycles. The predicted molar refractivity (Wildman–Crippen MR) is 86.1 cm³/mol. The maximum atomic E-state index is 12.5. The van der Waals surface area contributed by atoms with E-state index in [1.54, 1.807) is 5.51 Å². The summed E-state index contributed by atoms with van der Waals surface area (Å²) in [6.45, 7) is 7.91. The Balaban J connectivity index is 2.07. The summed E-state index contributed by atoms with van der Waals surface area (Å²) < 4.78 is 5.41. The van der Waals surface area contributed by atoms with Gasteiger partial charge in [-0.25, -0.2) is 9.78 Å². The second kappa shape index (κ2) is 6.64. The smallest absolute Gasteiger partial charge is 0.410 e. The molecule has 2 heterocycles. The highest BCUT2D eigenvalue weighted by molar-refractivity contribution is 7.10. The minimum Gasteiger partial charge on any atom is -0.444 e. The summed E-state index contributed by atoms with van der Waals surface area (Å²) in [5, 5.41) is 2.82. The molecular weight excluding hydrogens is 302 g/mol. The van der Waals surface area contributed by atoms with Gasteiger partial charge in [-0.05, 0) is 47.0 Å². The lowest BCUT2D eigenvalue weighted by Gasteiger charge is -2.35. The minimum atomic E-state index is -0.568. The summed E-state index contributed by atoms with van der Waals surface area (Å²) in [6.07, 6.45) is 2.03. The summed E-state index contributed by atoms with van der Waals surface area (Å²) in [7, 11) is 0. The molecule has 1 aliphatic rings. The first-order valence-corrected chi connectivity index (χ1v) is 8.36. The zero-order chi connectivity index (χ0) is 16.3. The molecule has 2 amide bonds. The number of carbonyl (C=O) groups excluding carboxylic acids is 2. The molecule has 1 aromatic rings. The lowest BCUT2D eigenvalue weighted by molar-refractivity contribution is -0.122. The number of aromatic nitrogens is 1. The summed E-state index contributed by atoms with van der Waals surface area (Å²) >= 11 is 1.48. The van der Waals surface area contributed by atoms with Gasteiger partial charge in [-0.3, -0.25) is 9.69 Å². The molecule has 1 atom stereocenters. The number of likely N-dealkylation sites (tertiary alicyclic amines) is 1. The van der Waals surface area contributed by atoms with Crippen molar-refractivity contribution in [1.82, 2.24) is 9.88 Å². The van der Waals surface area contributed by atoms with Crippen molar-refractivity contribution in [2.24, 2.45) is 0 Å². The Labute approximate surface area is 134 Å². The normalized spacial score (nSPS) is 18.9. The van der Waals surface area contributed by atoms with E-state index < -0.39 is 17.7 Å². The second-order valence-electron chi connectivity index (χ2n) is 6.43. The highest BCUT2D eigenvalue weighted by Crippen LogP contribution is 2.23. The first kappa shape index (κ1) is 16.7. The number of hydrogen-bond acceptors (Lipinski definition) is 5. The van der Waals surface area contributed by atoms with Crippen LogP contribution in [0.4, 0.5) is 10.6 Å². The highest BCUT2D eigenvalue weighted by Gasteiger charge is 2.35. The molecule has 2 rings (SSSR count). The fourth-order valence-electron chi connectivity index (χ4n) is 2.37. The Morgan fingerprint density at radius 1 is 1.41 bits per heavy atom. The molecule has 0 bridgehead atoms. The number of anilines is 1. The quantitative estimate of drug-likeness (QED) is 0.906. The van der Waals surface area contributed by atoms with Gasteiger partial charge in [-0.1, -0.05) is 0 Å². The van der Waals surface area contributed by atoms with Crippen molar-refractivity contribution in [3.05, 3.63) is 10.4 Å². The van der Waals surface area contributed by atoms with E-state index in [1.807, 2.05) is 27.7 Å². The largest absolute Gasteiger partial charge is 0.444 e. The van der Waals surface area contributed by atoms with Crippen LogP contribution in [-0.2, 0) is 9.53 Å². The van der Waals surface area contributed by atoms with Crippen LogP contribution in [0.25, 0.3) is 0 Å². The third-order valence-electron chi connectivity index (χ3n) is 3.42. The predicted octanol–water partition coefficient (Wildman–Crippen LogP) is 3.18. The molecule has 22 heavy (non-hydrogen) atoms. The molecule has 1 aromatic heterocycles. The van der Waals surface area contributed by atoms with Crippen LogP contribution in [0.5, 0.6) is 0 Å². The standard InChI is InChI=1S/C15H23N3O3S/c1-10-12(16-9-22-10)17-13(19)11-7-5-6-8-18(11)14(20)21-15(2,3)4/h9,11H,5-8H2,1-4H3,(H,17,19)/t11-/m0/s1. The fourth-order valence-corrected chi connectivity index (χ4v) is 2.90. The van der Waals surface area contributed by atoms with Crippen molar-refractivity contribution in [1.29, 1.82) is 0 Å². The summed E-state index contributed by atoms with van der Waals surface area (Å²) in [5.41, 5.74) is 1.12. The molecule has 0 radical (unpaired) electrons. The molecule has 0 aliphatic carbocycles. The van der Waals surface area contributed by atoms with Gasteiger partial charge in [0.2, 0.25) is 5.91 Å². The third kappa shape index (κ3) is 4.19. The van der Waals surface area contributed by atoms with E-state index in [0.29, 0.717) is 18.8 Å². The summed E-state index contributed by atoms with van der Waals surface area (Å²) in [6, 6.07) is -0.496. The van der Waals surface area contributed by atoms with Crippen molar-refractivity contribution in [2.75, 3.05) is 11.9 Å². The Hall–Kier alpha value is -1.63. The van der Waals surface area contributed by atoms with Crippen molar-refractivity contribution in [3.63, 3.8) is 0 Å². The van der Waals surface area contributed by atoms with Gasteiger partial charge in [0.05, 0.1) is 5.51 Å². The molecule has 1 aliphatic heterocycles. The van der Waals surface area contributed by atoms with Gasteiger partial charge in [0, 0.05) is 11.4 Å². The van der Waals surface area contributed by atoms with Crippen LogP contribution < -0.4 is 5.32 Å². The molecule has 6 nitrogen and oxygen atoms in total. The zero-order valence-corrected chi connectivity index (χ0v) is 14.3. The molecule has 1 N–H and O–H groups in total. The molecule has 1 fully saturated rings. The van der Waals surface area contributed by atoms with Gasteiger partial charge in [0.15, 0.2) is 0 Å². The average molecular weight is 325 g/mol. The van der Waals surface area contributed by atoms with E-state index in [2.05, 4.69) is 10.3 Å². The molecule has 0 saturated carbocycles. The van der Waals surface area contributed by atoms with Gasteiger partial charge >= 0.3 is 6.09 Å². The van der Waals surface area contributed by atoms with Gasteiger partial charge in [-0.2, -0.15) is 0 Å². The van der Waals surface area contributed by atoms with Crippen molar-refractivity contribution < 1.29 is 14.3 Å². The van der Waals surface area contributed by atoms with Crippen molar-refractivity contribution in [2.45, 2.75) is 58.6 Å². The fraction of sp³-hybridized carbons (Fsp3) is 0.667. The third-order valence-corrected chi connectivity index (χ3v) is 4.18. The number of thiazole rings is 1. The average Bonchev–Trinajstić information content (AvgIpc) is 2.82. The number of amides is 2. The number of carbonyl (C=O) groups is 2. The van der Waals surface area contributed by atoms with Crippen LogP contribution in [0.3, 0.4) is 0 Å². The summed E-state index contributed by atoms with van der Waals surface area (Å²) in [5.74, 6) is 0.379. The van der Waals surface area contributed by atoms with E-state index in [-0.39, 0.29) is 5.91 Å². The first-order valence-electron chi connectivity index (χ1n) is 7.48. The van der Waals surface area contributed by atoms with Crippen LogP contribution in [0.1, 0.15) is 44.9 Å². The topological polar surface area (TPSA) is 71.5 Å². The zero-order valence-electron chi connectivity index (χ0n) is 13.5. The monoisotopic (exact) mass is 325 g/mol. The lowest BCUT2D eigenvalue weighted by Crippen LogP contribution is -2.51. The Bertz CT molecular complexity index is 550. The number of hydrogen-bond donors (Lipinski definition) is 1. The maximum Gasteiger partial charge on any atom is 0.410 e. The van der Waals surface area contributed by atoms with E-state index in [4.69, 9.17) is 4.74 Å². The molecule has 7 heteroatoms. The first-order chi connectivity index (χ1) is 10.3. The van der Waals surface area contributed by atoms with Crippen molar-refractivity contribution in [3.8, 4) is 0 Å². The van der Waals surface area contributed by atoms with Crippen LogP contribution in [-0.4, -0.2) is 40.1 Å². The number of piperidine rings is 1. The Kier molecular flexibility index (Phi) is 5.05. The van der Waals surface area contributed by atoms with E-state index in [1.165, 1.54) is 16.2 Å². The lowest BCUT2D eigenvalue weighted by atomic mass is 10.0. The molecule has 0 aromatic carbocycles. The second-order valence-corrected chi connectivity index (χ2v) is 7.49. The molecule has 0 unspecified atom stereocenters. The Morgan fingerprint density at radius 2 is 2.14 bits per heavy atom. The molecule has 122 valence electrons. The van der Waals surface area contributed by atoms with Crippen molar-refractivity contribution >= 4 is 29.2 Å². The minimum absolute atomic E-state index is 0.195. The van der Waals surface area contributed by atoms with Crippen LogP contribution in [0.2, 0.25) is 0 Å². The SMILES string of the molecule is Cc1scnc1NC(=O)[C@@H]1CCCCN1C(=O)OC(C)(C)C. The van der Waals surface area contributed by atoms with Gasteiger partial charge in [0.25, 0.3) is 0 Å². The van der Waals surface area contributed by atoms with Crippen LogP contribution in [0.15, 0.2) is 5.51 Å². The van der Waals surface area contributed by atoms with Gasteiger partial charge < -0.3 is 10.1 Å². The highest BCUT2D eigenvalue weighted by atomic mass is 32.1. The Morgan fingerprint density at radius 3 is 2.73 bits per heavy atom. The van der Waals surface area contributed by atoms with Crippen LogP contribution >= 0.6 is 11.3 Å². The van der Waals surface area contributed by atoms with Crippen LogP contribution in [0, 0.1) is 6.92 Å². The van der Waals surface area contributed by atoms with E-state index in [0.717, 1.165) is 17.7 Å². The number of rotatable bonds is 2.